The van der Waals surface area contributed by atoms with Crippen molar-refractivity contribution in [3.05, 3.63) is 23.8 Å². The van der Waals surface area contributed by atoms with Gasteiger partial charge in [-0.25, -0.2) is 0 Å². The van der Waals surface area contributed by atoms with Crippen molar-refractivity contribution >= 4 is 11.6 Å². The third kappa shape index (κ3) is 3.96. The summed E-state index contributed by atoms with van der Waals surface area (Å²) in [5, 5.41) is 0. The molecule has 17 heavy (non-hydrogen) atoms. The smallest absolute Gasteiger partial charge is 0.252 e. The molecule has 1 aromatic carbocycles. The highest BCUT2D eigenvalue weighted by Crippen LogP contribution is 2.25. The number of rotatable bonds is 6. The lowest BCUT2D eigenvalue weighted by Gasteiger charge is -2.13. The molecule has 0 aliphatic carbocycles. The van der Waals surface area contributed by atoms with Crippen molar-refractivity contribution in [3.8, 4) is 5.75 Å². The van der Waals surface area contributed by atoms with E-state index in [1.807, 2.05) is 13.8 Å². The van der Waals surface area contributed by atoms with Gasteiger partial charge in [0.25, 0.3) is 5.91 Å². The summed E-state index contributed by atoms with van der Waals surface area (Å²) in [6.07, 6.45) is 0.141. The van der Waals surface area contributed by atoms with E-state index in [2.05, 4.69) is 0 Å². The summed E-state index contributed by atoms with van der Waals surface area (Å²) in [4.78, 5) is 11.2. The highest BCUT2D eigenvalue weighted by atomic mass is 16.5. The van der Waals surface area contributed by atoms with Gasteiger partial charge in [-0.15, -0.1) is 0 Å². The Bertz CT molecular complexity index is 391. The summed E-state index contributed by atoms with van der Waals surface area (Å²) < 4.78 is 10.8. The summed E-state index contributed by atoms with van der Waals surface area (Å²) in [6, 6.07) is 4.90. The number of para-hydroxylation sites is 1. The van der Waals surface area contributed by atoms with E-state index in [-0.39, 0.29) is 11.7 Å². The fourth-order valence-electron chi connectivity index (χ4n) is 1.34. The van der Waals surface area contributed by atoms with E-state index in [1.165, 1.54) is 0 Å². The van der Waals surface area contributed by atoms with Gasteiger partial charge in [-0.1, -0.05) is 6.07 Å². The van der Waals surface area contributed by atoms with Crippen LogP contribution in [0.4, 0.5) is 5.69 Å². The van der Waals surface area contributed by atoms with E-state index in [4.69, 9.17) is 20.9 Å². The first kappa shape index (κ1) is 13.3. The van der Waals surface area contributed by atoms with Crippen LogP contribution in [0.3, 0.4) is 0 Å². The molecule has 0 aromatic heterocycles. The lowest BCUT2D eigenvalue weighted by molar-refractivity contribution is 0.0551. The summed E-state index contributed by atoms with van der Waals surface area (Å²) in [5.41, 5.74) is 11.6. The SMILES string of the molecule is CC(C)OCCOc1c(N)cccc1C(N)=O. The Morgan fingerprint density at radius 2 is 2.06 bits per heavy atom. The summed E-state index contributed by atoms with van der Waals surface area (Å²) in [6.45, 7) is 4.63. The molecule has 0 fully saturated rings. The molecule has 0 radical (unpaired) electrons. The lowest BCUT2D eigenvalue weighted by atomic mass is 10.1. The van der Waals surface area contributed by atoms with Crippen molar-refractivity contribution in [1.82, 2.24) is 0 Å². The van der Waals surface area contributed by atoms with Gasteiger partial charge in [-0.2, -0.15) is 0 Å². The maximum absolute atomic E-state index is 11.2. The van der Waals surface area contributed by atoms with Gasteiger partial charge in [0.15, 0.2) is 5.75 Å². The molecule has 0 aliphatic rings. The standard InChI is InChI=1S/C12H18N2O3/c1-8(2)16-6-7-17-11-9(12(14)15)4-3-5-10(11)13/h3-5,8H,6-7,13H2,1-2H3,(H2,14,15). The minimum absolute atomic E-state index is 0.141. The van der Waals surface area contributed by atoms with Crippen LogP contribution in [-0.4, -0.2) is 25.2 Å². The highest BCUT2D eigenvalue weighted by Gasteiger charge is 2.12. The zero-order chi connectivity index (χ0) is 12.8. The van der Waals surface area contributed by atoms with Crippen LogP contribution >= 0.6 is 0 Å². The second-order valence-corrected chi connectivity index (χ2v) is 3.86. The number of nitrogen functional groups attached to an aromatic ring is 1. The maximum Gasteiger partial charge on any atom is 0.252 e. The average molecular weight is 238 g/mol. The molecule has 1 aromatic rings. The average Bonchev–Trinajstić information content (AvgIpc) is 2.25. The van der Waals surface area contributed by atoms with Crippen molar-refractivity contribution in [3.63, 3.8) is 0 Å². The Kier molecular flexibility index (Phi) is 4.78. The number of primary amides is 1. The van der Waals surface area contributed by atoms with Crippen LogP contribution < -0.4 is 16.2 Å². The Labute approximate surface area is 101 Å². The maximum atomic E-state index is 11.2. The molecule has 0 unspecified atom stereocenters. The number of carbonyl (C=O) groups is 1. The monoisotopic (exact) mass is 238 g/mol. The van der Waals surface area contributed by atoms with Gasteiger partial charge in [-0.05, 0) is 26.0 Å². The minimum Gasteiger partial charge on any atom is -0.488 e. The van der Waals surface area contributed by atoms with E-state index < -0.39 is 5.91 Å². The zero-order valence-electron chi connectivity index (χ0n) is 10.1. The third-order valence-electron chi connectivity index (χ3n) is 2.09. The normalized spacial score (nSPS) is 10.5. The molecule has 0 aliphatic heterocycles. The molecule has 1 amide bonds. The van der Waals surface area contributed by atoms with Crippen LogP contribution in [-0.2, 0) is 4.74 Å². The molecule has 0 atom stereocenters. The number of ether oxygens (including phenoxy) is 2. The van der Waals surface area contributed by atoms with Crippen molar-refractivity contribution < 1.29 is 14.3 Å². The molecule has 4 N–H and O–H groups in total. The third-order valence-corrected chi connectivity index (χ3v) is 2.09. The van der Waals surface area contributed by atoms with Gasteiger partial charge in [0.2, 0.25) is 0 Å². The van der Waals surface area contributed by atoms with Crippen LogP contribution in [0.2, 0.25) is 0 Å². The van der Waals surface area contributed by atoms with Gasteiger partial charge in [-0.3, -0.25) is 4.79 Å². The number of nitrogens with two attached hydrogens (primary N) is 2. The summed E-state index contributed by atoms with van der Waals surface area (Å²) >= 11 is 0. The molecule has 94 valence electrons. The van der Waals surface area contributed by atoms with Gasteiger partial charge in [0, 0.05) is 0 Å². The van der Waals surface area contributed by atoms with Crippen LogP contribution in [0.1, 0.15) is 24.2 Å². The summed E-state index contributed by atoms with van der Waals surface area (Å²) in [7, 11) is 0. The van der Waals surface area contributed by atoms with Gasteiger partial charge in [0.05, 0.1) is 24.0 Å². The largest absolute Gasteiger partial charge is 0.488 e. The fourth-order valence-corrected chi connectivity index (χ4v) is 1.34. The predicted octanol–water partition coefficient (Wildman–Crippen LogP) is 1.17. The van der Waals surface area contributed by atoms with Crippen LogP contribution in [0, 0.1) is 0 Å². The summed E-state index contributed by atoms with van der Waals surface area (Å²) in [5.74, 6) is -0.232. The quantitative estimate of drug-likeness (QED) is 0.575. The first-order valence-electron chi connectivity index (χ1n) is 5.45. The number of hydrogen-bond acceptors (Lipinski definition) is 4. The second kappa shape index (κ2) is 6.10. The molecule has 0 saturated carbocycles. The topological polar surface area (TPSA) is 87.6 Å². The van der Waals surface area contributed by atoms with E-state index in [1.54, 1.807) is 18.2 Å². The Morgan fingerprint density at radius 1 is 1.35 bits per heavy atom. The van der Waals surface area contributed by atoms with Crippen LogP contribution in [0.25, 0.3) is 0 Å². The molecule has 0 heterocycles. The van der Waals surface area contributed by atoms with Crippen molar-refractivity contribution in [2.24, 2.45) is 5.73 Å². The van der Waals surface area contributed by atoms with Gasteiger partial charge in [0.1, 0.15) is 6.61 Å². The lowest BCUT2D eigenvalue weighted by Crippen LogP contribution is -2.16. The molecule has 0 saturated heterocycles. The number of carbonyl (C=O) groups excluding carboxylic acids is 1. The number of anilines is 1. The first-order chi connectivity index (χ1) is 8.02. The van der Waals surface area contributed by atoms with E-state index in [0.29, 0.717) is 24.7 Å². The van der Waals surface area contributed by atoms with E-state index in [9.17, 15) is 4.79 Å². The Morgan fingerprint density at radius 3 is 2.65 bits per heavy atom. The Hall–Kier alpha value is -1.75. The number of benzene rings is 1. The number of hydrogen-bond donors (Lipinski definition) is 2. The van der Waals surface area contributed by atoms with Crippen molar-refractivity contribution in [1.29, 1.82) is 0 Å². The minimum atomic E-state index is -0.558. The van der Waals surface area contributed by atoms with Crippen LogP contribution in [0.15, 0.2) is 18.2 Å². The van der Waals surface area contributed by atoms with E-state index >= 15 is 0 Å². The molecule has 5 nitrogen and oxygen atoms in total. The molecular weight excluding hydrogens is 220 g/mol. The fraction of sp³-hybridized carbons (Fsp3) is 0.417. The van der Waals surface area contributed by atoms with Crippen molar-refractivity contribution in [2.75, 3.05) is 18.9 Å². The van der Waals surface area contributed by atoms with Crippen molar-refractivity contribution in [2.45, 2.75) is 20.0 Å². The molecular formula is C12H18N2O3. The molecule has 0 bridgehead atoms. The second-order valence-electron chi connectivity index (χ2n) is 3.86. The highest BCUT2D eigenvalue weighted by molar-refractivity contribution is 5.97. The molecule has 0 spiro atoms. The van der Waals surface area contributed by atoms with Crippen LogP contribution in [0.5, 0.6) is 5.75 Å². The molecule has 1 rings (SSSR count). The van der Waals surface area contributed by atoms with Gasteiger partial charge >= 0.3 is 0 Å². The first-order valence-corrected chi connectivity index (χ1v) is 5.45. The van der Waals surface area contributed by atoms with Gasteiger partial charge < -0.3 is 20.9 Å². The predicted molar refractivity (Wildman–Crippen MR) is 66.0 cm³/mol. The zero-order valence-corrected chi connectivity index (χ0v) is 10.1. The van der Waals surface area contributed by atoms with E-state index in [0.717, 1.165) is 0 Å². The number of amides is 1. The molecule has 5 heteroatoms. The Balaban J connectivity index is 2.66.